The zero-order valence-corrected chi connectivity index (χ0v) is 9.36. The van der Waals surface area contributed by atoms with Gasteiger partial charge in [0.2, 0.25) is 0 Å². The summed E-state index contributed by atoms with van der Waals surface area (Å²) in [5, 5.41) is 1.87. The molecule has 0 bridgehead atoms. The fourth-order valence-electron chi connectivity index (χ4n) is 1.13. The standard InChI is InChI=1S/C10H8ClF4NO/c1-5-3-2-4-6(11)7(5)16-9(17)8(12)10(13,14)15/h2-4,8H,1H3,(H,16,17). The van der Waals surface area contributed by atoms with Gasteiger partial charge in [-0.1, -0.05) is 23.7 Å². The van der Waals surface area contributed by atoms with E-state index in [0.29, 0.717) is 5.56 Å². The number of carbonyl (C=O) groups excluding carboxylic acids is 1. The lowest BCUT2D eigenvalue weighted by Gasteiger charge is -2.14. The summed E-state index contributed by atoms with van der Waals surface area (Å²) >= 11 is 5.67. The monoisotopic (exact) mass is 269 g/mol. The highest BCUT2D eigenvalue weighted by molar-refractivity contribution is 6.34. The minimum atomic E-state index is -5.22. The predicted molar refractivity (Wildman–Crippen MR) is 55.8 cm³/mol. The molecule has 0 saturated heterocycles. The zero-order valence-electron chi connectivity index (χ0n) is 8.61. The highest BCUT2D eigenvalue weighted by Gasteiger charge is 2.45. The molecule has 0 aliphatic rings. The Morgan fingerprint density at radius 1 is 1.41 bits per heavy atom. The summed E-state index contributed by atoms with van der Waals surface area (Å²) in [5.41, 5.74) is 0.422. The Labute approximate surface area is 99.6 Å². The lowest BCUT2D eigenvalue weighted by Crippen LogP contribution is -2.37. The van der Waals surface area contributed by atoms with Crippen LogP contribution in [0.1, 0.15) is 5.56 Å². The molecule has 0 fully saturated rings. The Kier molecular flexibility index (Phi) is 3.98. The Morgan fingerprint density at radius 3 is 2.47 bits per heavy atom. The number of amides is 1. The van der Waals surface area contributed by atoms with Crippen LogP contribution in [0.25, 0.3) is 0 Å². The van der Waals surface area contributed by atoms with Crippen molar-refractivity contribution in [3.8, 4) is 0 Å². The van der Waals surface area contributed by atoms with Gasteiger partial charge in [-0.2, -0.15) is 13.2 Å². The van der Waals surface area contributed by atoms with Crippen LogP contribution in [-0.4, -0.2) is 18.3 Å². The summed E-state index contributed by atoms with van der Waals surface area (Å²) in [7, 11) is 0. The van der Waals surface area contributed by atoms with Crippen molar-refractivity contribution in [3.63, 3.8) is 0 Å². The first-order valence-electron chi connectivity index (χ1n) is 4.50. The molecule has 1 N–H and O–H groups in total. The van der Waals surface area contributed by atoms with Crippen LogP contribution >= 0.6 is 11.6 Å². The van der Waals surface area contributed by atoms with E-state index in [1.54, 1.807) is 6.07 Å². The van der Waals surface area contributed by atoms with Gasteiger partial charge in [0.25, 0.3) is 12.1 Å². The molecule has 0 spiro atoms. The number of rotatable bonds is 2. The van der Waals surface area contributed by atoms with Crippen LogP contribution in [0.2, 0.25) is 5.02 Å². The molecule has 0 aliphatic carbocycles. The van der Waals surface area contributed by atoms with E-state index in [0.717, 1.165) is 0 Å². The first kappa shape index (κ1) is 13.8. The van der Waals surface area contributed by atoms with Gasteiger partial charge >= 0.3 is 6.18 Å². The fraction of sp³-hybridized carbons (Fsp3) is 0.300. The van der Waals surface area contributed by atoms with Gasteiger partial charge in [0.1, 0.15) is 0 Å². The third-order valence-electron chi connectivity index (χ3n) is 1.99. The summed E-state index contributed by atoms with van der Waals surface area (Å²) in [4.78, 5) is 11.0. The fourth-order valence-corrected chi connectivity index (χ4v) is 1.39. The quantitative estimate of drug-likeness (QED) is 0.818. The number of para-hydroxylation sites is 1. The molecule has 1 aromatic rings. The highest BCUT2D eigenvalue weighted by Crippen LogP contribution is 2.28. The molecular formula is C10H8ClF4NO. The van der Waals surface area contributed by atoms with E-state index in [1.807, 2.05) is 5.32 Å². The van der Waals surface area contributed by atoms with Crippen LogP contribution < -0.4 is 5.32 Å². The molecule has 1 atom stereocenters. The van der Waals surface area contributed by atoms with Crippen LogP contribution in [-0.2, 0) is 4.79 Å². The van der Waals surface area contributed by atoms with Crippen molar-refractivity contribution < 1.29 is 22.4 Å². The average Bonchev–Trinajstić information content (AvgIpc) is 2.21. The second-order valence-corrected chi connectivity index (χ2v) is 3.73. The topological polar surface area (TPSA) is 29.1 Å². The van der Waals surface area contributed by atoms with E-state index < -0.39 is 18.3 Å². The number of hydrogen-bond donors (Lipinski definition) is 1. The molecule has 17 heavy (non-hydrogen) atoms. The van der Waals surface area contributed by atoms with Crippen molar-refractivity contribution in [2.45, 2.75) is 19.3 Å². The smallest absolute Gasteiger partial charge is 0.322 e. The summed E-state index contributed by atoms with van der Waals surface area (Å²) in [6.45, 7) is 1.53. The summed E-state index contributed by atoms with van der Waals surface area (Å²) in [6.07, 6.45) is -8.79. The molecule has 1 aromatic carbocycles. The number of carbonyl (C=O) groups is 1. The van der Waals surface area contributed by atoms with Crippen molar-refractivity contribution in [1.29, 1.82) is 0 Å². The van der Waals surface area contributed by atoms with Crippen LogP contribution in [0, 0.1) is 6.92 Å². The highest BCUT2D eigenvalue weighted by atomic mass is 35.5. The number of alkyl halides is 4. The number of hydrogen-bond acceptors (Lipinski definition) is 1. The molecular weight excluding hydrogens is 262 g/mol. The van der Waals surface area contributed by atoms with Gasteiger partial charge in [0.15, 0.2) is 0 Å². The molecule has 1 unspecified atom stereocenters. The first-order chi connectivity index (χ1) is 7.73. The number of aryl methyl sites for hydroxylation is 1. The molecule has 0 aliphatic heterocycles. The predicted octanol–water partition coefficient (Wildman–Crippen LogP) is 3.49. The van der Waals surface area contributed by atoms with Crippen molar-refractivity contribution in [2.75, 3.05) is 5.32 Å². The Morgan fingerprint density at radius 2 is 2.00 bits per heavy atom. The van der Waals surface area contributed by atoms with Gasteiger partial charge in [-0.3, -0.25) is 4.79 Å². The van der Waals surface area contributed by atoms with Gasteiger partial charge in [-0.05, 0) is 18.6 Å². The molecule has 2 nitrogen and oxygen atoms in total. The van der Waals surface area contributed by atoms with E-state index in [2.05, 4.69) is 0 Å². The maximum atomic E-state index is 12.7. The minimum Gasteiger partial charge on any atom is -0.322 e. The largest absolute Gasteiger partial charge is 0.428 e. The van der Waals surface area contributed by atoms with Crippen molar-refractivity contribution in [2.24, 2.45) is 0 Å². The summed E-state index contributed by atoms with van der Waals surface area (Å²) in [5.74, 6) is -1.78. The maximum absolute atomic E-state index is 12.7. The minimum absolute atomic E-state index is 0.0222. The van der Waals surface area contributed by atoms with E-state index in [9.17, 15) is 22.4 Å². The van der Waals surface area contributed by atoms with Crippen LogP contribution in [0.15, 0.2) is 18.2 Å². The number of nitrogens with one attached hydrogen (secondary N) is 1. The number of halogens is 5. The number of benzene rings is 1. The molecule has 0 heterocycles. The normalized spacial score (nSPS) is 13.3. The molecule has 0 saturated carbocycles. The van der Waals surface area contributed by atoms with E-state index in [1.165, 1.54) is 19.1 Å². The number of anilines is 1. The van der Waals surface area contributed by atoms with Crippen LogP contribution in [0.5, 0.6) is 0 Å². The average molecular weight is 270 g/mol. The second kappa shape index (κ2) is 4.91. The third-order valence-corrected chi connectivity index (χ3v) is 2.30. The first-order valence-corrected chi connectivity index (χ1v) is 4.88. The van der Waals surface area contributed by atoms with Gasteiger partial charge in [0.05, 0.1) is 10.7 Å². The lowest BCUT2D eigenvalue weighted by atomic mass is 10.2. The molecule has 0 aromatic heterocycles. The molecule has 1 amide bonds. The van der Waals surface area contributed by atoms with E-state index >= 15 is 0 Å². The lowest BCUT2D eigenvalue weighted by molar-refractivity contribution is -0.183. The summed E-state index contributed by atoms with van der Waals surface area (Å²) < 4.78 is 48.5. The Bertz CT molecular complexity index is 413. The molecule has 1 rings (SSSR count). The van der Waals surface area contributed by atoms with Crippen molar-refractivity contribution >= 4 is 23.2 Å². The van der Waals surface area contributed by atoms with Gasteiger partial charge in [-0.25, -0.2) is 4.39 Å². The maximum Gasteiger partial charge on any atom is 0.428 e. The van der Waals surface area contributed by atoms with Crippen LogP contribution in [0.4, 0.5) is 23.2 Å². The SMILES string of the molecule is Cc1cccc(Cl)c1NC(=O)C(F)C(F)(F)F. The van der Waals surface area contributed by atoms with Crippen molar-refractivity contribution in [3.05, 3.63) is 28.8 Å². The van der Waals surface area contributed by atoms with Gasteiger partial charge < -0.3 is 5.32 Å². The van der Waals surface area contributed by atoms with E-state index in [-0.39, 0.29) is 10.7 Å². The van der Waals surface area contributed by atoms with Gasteiger partial charge in [0, 0.05) is 0 Å². The third kappa shape index (κ3) is 3.33. The van der Waals surface area contributed by atoms with E-state index in [4.69, 9.17) is 11.6 Å². The van der Waals surface area contributed by atoms with Crippen molar-refractivity contribution in [1.82, 2.24) is 0 Å². The molecule has 7 heteroatoms. The Balaban J connectivity index is 2.89. The molecule has 94 valence electrons. The molecule has 0 radical (unpaired) electrons. The van der Waals surface area contributed by atoms with Crippen LogP contribution in [0.3, 0.4) is 0 Å². The van der Waals surface area contributed by atoms with Gasteiger partial charge in [-0.15, -0.1) is 0 Å². The zero-order chi connectivity index (χ0) is 13.2. The Hall–Kier alpha value is -1.30. The summed E-state index contributed by atoms with van der Waals surface area (Å²) in [6, 6.07) is 4.47. The second-order valence-electron chi connectivity index (χ2n) is 3.33.